The highest BCUT2D eigenvalue weighted by Gasteiger charge is 2.22. The summed E-state index contributed by atoms with van der Waals surface area (Å²) in [7, 11) is 0. The van der Waals surface area contributed by atoms with Crippen molar-refractivity contribution in [1.29, 1.82) is 0 Å². The van der Waals surface area contributed by atoms with Gasteiger partial charge in [0.05, 0.1) is 19.8 Å². The van der Waals surface area contributed by atoms with Crippen LogP contribution in [0, 0.1) is 0 Å². The predicted octanol–water partition coefficient (Wildman–Crippen LogP) is -1.66. The molecule has 2 amide bonds. The molecule has 0 aliphatic carbocycles. The number of hydrogen-bond donors (Lipinski definition) is 2. The van der Waals surface area contributed by atoms with E-state index >= 15 is 0 Å². The summed E-state index contributed by atoms with van der Waals surface area (Å²) in [6, 6.07) is 0. The first-order valence-electron chi connectivity index (χ1n) is 6.73. The highest BCUT2D eigenvalue weighted by Crippen LogP contribution is 2.00. The SMILES string of the molecule is O=C(NCCC(=O)N1CCOCC1)C1CNCCO1. The molecule has 0 aromatic carbocycles. The van der Waals surface area contributed by atoms with Crippen molar-refractivity contribution in [3.8, 4) is 0 Å². The van der Waals surface area contributed by atoms with Gasteiger partial charge in [0.25, 0.3) is 0 Å². The van der Waals surface area contributed by atoms with Crippen molar-refractivity contribution in [3.05, 3.63) is 0 Å². The van der Waals surface area contributed by atoms with Crippen molar-refractivity contribution in [3.63, 3.8) is 0 Å². The normalized spacial score (nSPS) is 24.0. The fourth-order valence-corrected chi connectivity index (χ4v) is 2.11. The van der Waals surface area contributed by atoms with Crippen molar-refractivity contribution in [2.24, 2.45) is 0 Å². The highest BCUT2D eigenvalue weighted by atomic mass is 16.5. The van der Waals surface area contributed by atoms with E-state index in [1.54, 1.807) is 4.90 Å². The third-order valence-electron chi connectivity index (χ3n) is 3.22. The molecule has 0 spiro atoms. The zero-order valence-corrected chi connectivity index (χ0v) is 11.0. The molecule has 2 rings (SSSR count). The van der Waals surface area contributed by atoms with E-state index in [1.165, 1.54) is 0 Å². The lowest BCUT2D eigenvalue weighted by Gasteiger charge is -2.27. The van der Waals surface area contributed by atoms with Crippen LogP contribution in [0.1, 0.15) is 6.42 Å². The summed E-state index contributed by atoms with van der Waals surface area (Å²) in [5.41, 5.74) is 0. The van der Waals surface area contributed by atoms with Crippen LogP contribution >= 0.6 is 0 Å². The van der Waals surface area contributed by atoms with Gasteiger partial charge in [-0.25, -0.2) is 0 Å². The fraction of sp³-hybridized carbons (Fsp3) is 0.833. The van der Waals surface area contributed by atoms with Crippen LogP contribution in [0.5, 0.6) is 0 Å². The maximum Gasteiger partial charge on any atom is 0.250 e. The van der Waals surface area contributed by atoms with Gasteiger partial charge >= 0.3 is 0 Å². The molecule has 0 aromatic heterocycles. The van der Waals surface area contributed by atoms with Gasteiger partial charge in [0.15, 0.2) is 0 Å². The quantitative estimate of drug-likeness (QED) is 0.640. The van der Waals surface area contributed by atoms with Gasteiger partial charge in [-0.2, -0.15) is 0 Å². The van der Waals surface area contributed by atoms with Gasteiger partial charge in [0.1, 0.15) is 6.10 Å². The van der Waals surface area contributed by atoms with E-state index in [1.807, 2.05) is 0 Å². The number of rotatable bonds is 4. The minimum atomic E-state index is -0.438. The van der Waals surface area contributed by atoms with Crippen LogP contribution < -0.4 is 10.6 Å². The molecule has 0 radical (unpaired) electrons. The lowest BCUT2D eigenvalue weighted by Crippen LogP contribution is -2.48. The molecule has 0 aromatic rings. The standard InChI is InChI=1S/C12H21N3O4/c16-11(15-4-7-18-8-5-15)1-2-14-12(17)10-9-13-3-6-19-10/h10,13H,1-9H2,(H,14,17). The average Bonchev–Trinajstić information content (AvgIpc) is 2.49. The number of nitrogens with one attached hydrogen (secondary N) is 2. The van der Waals surface area contributed by atoms with E-state index in [0.29, 0.717) is 52.4 Å². The molecule has 2 aliphatic heterocycles. The third-order valence-corrected chi connectivity index (χ3v) is 3.22. The summed E-state index contributed by atoms with van der Waals surface area (Å²) in [6.45, 7) is 4.69. The number of carbonyl (C=O) groups excluding carboxylic acids is 2. The molecule has 1 unspecified atom stereocenters. The number of hydrogen-bond acceptors (Lipinski definition) is 5. The lowest BCUT2D eigenvalue weighted by molar-refractivity contribution is -0.136. The van der Waals surface area contributed by atoms with Gasteiger partial charge < -0.3 is 25.0 Å². The molecular weight excluding hydrogens is 250 g/mol. The molecule has 2 saturated heterocycles. The summed E-state index contributed by atoms with van der Waals surface area (Å²) in [5.74, 6) is -0.0896. The first kappa shape index (κ1) is 14.2. The van der Waals surface area contributed by atoms with Crippen molar-refractivity contribution in [2.75, 3.05) is 52.5 Å². The first-order valence-corrected chi connectivity index (χ1v) is 6.73. The number of amides is 2. The Hall–Kier alpha value is -1.18. The van der Waals surface area contributed by atoms with Crippen molar-refractivity contribution in [2.45, 2.75) is 12.5 Å². The molecule has 7 nitrogen and oxygen atoms in total. The zero-order chi connectivity index (χ0) is 13.5. The lowest BCUT2D eigenvalue weighted by atomic mass is 10.2. The van der Waals surface area contributed by atoms with Crippen LogP contribution in [0.4, 0.5) is 0 Å². The minimum absolute atomic E-state index is 0.0614. The molecule has 2 heterocycles. The van der Waals surface area contributed by atoms with Crippen LogP contribution in [0.3, 0.4) is 0 Å². The third kappa shape index (κ3) is 4.45. The van der Waals surface area contributed by atoms with E-state index in [2.05, 4.69) is 10.6 Å². The van der Waals surface area contributed by atoms with Crippen LogP contribution in [-0.4, -0.2) is 75.4 Å². The predicted molar refractivity (Wildman–Crippen MR) is 67.6 cm³/mol. The van der Waals surface area contributed by atoms with Gasteiger partial charge in [-0.05, 0) is 0 Å². The zero-order valence-electron chi connectivity index (χ0n) is 11.0. The first-order chi connectivity index (χ1) is 9.27. The van der Waals surface area contributed by atoms with E-state index in [4.69, 9.17) is 9.47 Å². The molecule has 2 fully saturated rings. The summed E-state index contributed by atoms with van der Waals surface area (Å²) in [5, 5.41) is 5.83. The average molecular weight is 271 g/mol. The largest absolute Gasteiger partial charge is 0.378 e. The molecule has 1 atom stereocenters. The Morgan fingerprint density at radius 3 is 2.74 bits per heavy atom. The van der Waals surface area contributed by atoms with Gasteiger partial charge in [-0.3, -0.25) is 9.59 Å². The topological polar surface area (TPSA) is 79.9 Å². The number of nitrogens with zero attached hydrogens (tertiary/aromatic N) is 1. The van der Waals surface area contributed by atoms with E-state index in [-0.39, 0.29) is 11.8 Å². The van der Waals surface area contributed by atoms with Crippen LogP contribution in [0.2, 0.25) is 0 Å². The maximum absolute atomic E-state index is 11.8. The Morgan fingerprint density at radius 1 is 1.26 bits per heavy atom. The fourth-order valence-electron chi connectivity index (χ4n) is 2.11. The summed E-state index contributed by atoms with van der Waals surface area (Å²) in [6.07, 6.45) is -0.112. The van der Waals surface area contributed by atoms with E-state index in [0.717, 1.165) is 6.54 Å². The Balaban J connectivity index is 1.62. The van der Waals surface area contributed by atoms with Gasteiger partial charge in [0.2, 0.25) is 11.8 Å². The molecule has 19 heavy (non-hydrogen) atoms. The monoisotopic (exact) mass is 271 g/mol. The second-order valence-electron chi connectivity index (χ2n) is 4.60. The summed E-state index contributed by atoms with van der Waals surface area (Å²) < 4.78 is 10.5. The Morgan fingerprint density at radius 2 is 2.05 bits per heavy atom. The number of ether oxygens (including phenoxy) is 2. The maximum atomic E-state index is 11.8. The van der Waals surface area contributed by atoms with Crippen LogP contribution in [0.25, 0.3) is 0 Å². The number of carbonyl (C=O) groups is 2. The Labute approximate surface area is 112 Å². The van der Waals surface area contributed by atoms with Gasteiger partial charge in [-0.15, -0.1) is 0 Å². The van der Waals surface area contributed by atoms with Crippen molar-refractivity contribution >= 4 is 11.8 Å². The Bertz CT molecular complexity index is 282. The second-order valence-corrected chi connectivity index (χ2v) is 4.60. The van der Waals surface area contributed by atoms with E-state index < -0.39 is 6.10 Å². The molecule has 7 heteroatoms. The van der Waals surface area contributed by atoms with Crippen molar-refractivity contribution in [1.82, 2.24) is 15.5 Å². The Kier molecular flexibility index (Phi) is 5.56. The van der Waals surface area contributed by atoms with Gasteiger partial charge in [-0.1, -0.05) is 0 Å². The molecule has 2 aliphatic rings. The molecular formula is C12H21N3O4. The highest BCUT2D eigenvalue weighted by molar-refractivity contribution is 5.82. The van der Waals surface area contributed by atoms with Gasteiger partial charge in [0, 0.05) is 39.1 Å². The smallest absolute Gasteiger partial charge is 0.250 e. The van der Waals surface area contributed by atoms with Crippen LogP contribution in [0.15, 0.2) is 0 Å². The molecule has 0 bridgehead atoms. The molecule has 0 saturated carbocycles. The second kappa shape index (κ2) is 7.42. The van der Waals surface area contributed by atoms with E-state index in [9.17, 15) is 9.59 Å². The molecule has 2 N–H and O–H groups in total. The van der Waals surface area contributed by atoms with Crippen molar-refractivity contribution < 1.29 is 19.1 Å². The molecule has 108 valence electrons. The minimum Gasteiger partial charge on any atom is -0.378 e. The summed E-state index contributed by atoms with van der Waals surface area (Å²) >= 11 is 0. The van der Waals surface area contributed by atoms with Crippen LogP contribution in [-0.2, 0) is 19.1 Å². The number of morpholine rings is 2. The summed E-state index contributed by atoms with van der Waals surface area (Å²) in [4.78, 5) is 25.3.